The van der Waals surface area contributed by atoms with Crippen molar-refractivity contribution >= 4 is 21.8 Å². The lowest BCUT2D eigenvalue weighted by Gasteiger charge is -2.05. The first-order valence-corrected chi connectivity index (χ1v) is 7.32. The van der Waals surface area contributed by atoms with Gasteiger partial charge in [-0.3, -0.25) is 4.79 Å². The molecule has 0 atom stereocenters. The Hall–Kier alpha value is -1.84. The molecule has 1 aromatic carbocycles. The molecule has 0 bridgehead atoms. The normalized spacial score (nSPS) is 10.8. The van der Waals surface area contributed by atoms with Crippen molar-refractivity contribution in [3.05, 3.63) is 46.1 Å². The van der Waals surface area contributed by atoms with Crippen LogP contribution in [0.3, 0.4) is 0 Å². The highest BCUT2D eigenvalue weighted by Crippen LogP contribution is 2.11. The molecule has 0 saturated heterocycles. The Balaban J connectivity index is 2.39. The number of nitrogens with one attached hydrogen (secondary N) is 2. The lowest BCUT2D eigenvalue weighted by atomic mass is 10.1. The van der Waals surface area contributed by atoms with Gasteiger partial charge in [0.1, 0.15) is 11.6 Å². The van der Waals surface area contributed by atoms with Gasteiger partial charge in [-0.25, -0.2) is 0 Å². The summed E-state index contributed by atoms with van der Waals surface area (Å²) in [6, 6.07) is 9.88. The molecule has 0 fully saturated rings. The third-order valence-electron chi connectivity index (χ3n) is 2.65. The highest BCUT2D eigenvalue weighted by atomic mass is 79.9. The molecule has 1 rings (SSSR count). The van der Waals surface area contributed by atoms with Crippen LogP contribution in [0.2, 0.25) is 0 Å². The molecule has 5 nitrogen and oxygen atoms in total. The van der Waals surface area contributed by atoms with Crippen molar-refractivity contribution in [3.63, 3.8) is 0 Å². The van der Waals surface area contributed by atoms with E-state index in [4.69, 9.17) is 10.00 Å². The lowest BCUT2D eigenvalue weighted by Crippen LogP contribution is -2.28. The molecule has 0 aliphatic heterocycles. The number of halogens is 1. The Morgan fingerprint density at radius 3 is 2.95 bits per heavy atom. The number of ether oxygens (including phenoxy) is 1. The van der Waals surface area contributed by atoms with Crippen LogP contribution in [0.5, 0.6) is 0 Å². The van der Waals surface area contributed by atoms with Crippen LogP contribution < -0.4 is 10.6 Å². The van der Waals surface area contributed by atoms with Crippen molar-refractivity contribution in [1.29, 1.82) is 5.26 Å². The number of hydrogen-bond donors (Lipinski definition) is 2. The second-order valence-corrected chi connectivity index (χ2v) is 5.17. The molecule has 0 aliphatic carbocycles. The van der Waals surface area contributed by atoms with Gasteiger partial charge in [-0.2, -0.15) is 5.26 Å². The van der Waals surface area contributed by atoms with Gasteiger partial charge in [0.15, 0.2) is 0 Å². The standard InChI is InChI=1S/C15H18BrN3O2/c1-21-8-7-19-15(20)13(10-17)11-18-6-5-12-3-2-4-14(16)9-12/h2-4,9,11,18H,5-8H2,1H3,(H,19,20)/b13-11-. The quantitative estimate of drug-likeness (QED) is 0.425. The second kappa shape index (κ2) is 9.97. The van der Waals surface area contributed by atoms with Crippen molar-refractivity contribution in [1.82, 2.24) is 10.6 Å². The molecular formula is C15H18BrN3O2. The fourth-order valence-corrected chi connectivity index (χ4v) is 2.04. The molecule has 21 heavy (non-hydrogen) atoms. The van der Waals surface area contributed by atoms with E-state index in [0.717, 1.165) is 10.9 Å². The molecule has 0 unspecified atom stereocenters. The molecule has 1 aromatic rings. The van der Waals surface area contributed by atoms with Crippen LogP contribution in [0.25, 0.3) is 0 Å². The Morgan fingerprint density at radius 2 is 2.29 bits per heavy atom. The molecule has 0 aliphatic rings. The van der Waals surface area contributed by atoms with Gasteiger partial charge in [0, 0.05) is 30.9 Å². The Labute approximate surface area is 133 Å². The maximum absolute atomic E-state index is 11.7. The summed E-state index contributed by atoms with van der Waals surface area (Å²) in [6.45, 7) is 1.44. The van der Waals surface area contributed by atoms with Crippen molar-refractivity contribution in [2.24, 2.45) is 0 Å². The Morgan fingerprint density at radius 1 is 1.48 bits per heavy atom. The predicted octanol–water partition coefficient (Wildman–Crippen LogP) is 1.75. The SMILES string of the molecule is COCCNC(=O)/C(C#N)=C\NCCc1cccc(Br)c1. The summed E-state index contributed by atoms with van der Waals surface area (Å²) >= 11 is 3.42. The molecule has 0 spiro atoms. The van der Waals surface area contributed by atoms with E-state index < -0.39 is 5.91 Å². The van der Waals surface area contributed by atoms with Crippen molar-refractivity contribution in [2.45, 2.75) is 6.42 Å². The van der Waals surface area contributed by atoms with Gasteiger partial charge in [0.05, 0.1) is 6.61 Å². The number of hydrogen-bond acceptors (Lipinski definition) is 4. The summed E-state index contributed by atoms with van der Waals surface area (Å²) < 4.78 is 5.86. The van der Waals surface area contributed by atoms with Gasteiger partial charge in [-0.15, -0.1) is 0 Å². The van der Waals surface area contributed by atoms with Crippen LogP contribution in [0, 0.1) is 11.3 Å². The molecule has 6 heteroatoms. The topological polar surface area (TPSA) is 74.1 Å². The van der Waals surface area contributed by atoms with Gasteiger partial charge in [-0.1, -0.05) is 28.1 Å². The third-order valence-corrected chi connectivity index (χ3v) is 3.14. The van der Waals surface area contributed by atoms with Crippen LogP contribution in [-0.2, 0) is 16.0 Å². The summed E-state index contributed by atoms with van der Waals surface area (Å²) in [5, 5.41) is 14.5. The van der Waals surface area contributed by atoms with E-state index in [1.807, 2.05) is 30.3 Å². The second-order valence-electron chi connectivity index (χ2n) is 4.25. The van der Waals surface area contributed by atoms with Gasteiger partial charge >= 0.3 is 0 Å². The third kappa shape index (κ3) is 6.93. The van der Waals surface area contributed by atoms with Crippen molar-refractivity contribution in [3.8, 4) is 6.07 Å². The molecule has 0 radical (unpaired) electrons. The first-order chi connectivity index (χ1) is 10.2. The van der Waals surface area contributed by atoms with Crippen LogP contribution in [0.1, 0.15) is 5.56 Å². The largest absolute Gasteiger partial charge is 0.389 e. The number of carbonyl (C=O) groups excluding carboxylic acids is 1. The molecule has 112 valence electrons. The number of nitriles is 1. The summed E-state index contributed by atoms with van der Waals surface area (Å²) in [7, 11) is 1.55. The van der Waals surface area contributed by atoms with E-state index in [9.17, 15) is 4.79 Å². The lowest BCUT2D eigenvalue weighted by molar-refractivity contribution is -0.117. The maximum Gasteiger partial charge on any atom is 0.263 e. The van der Waals surface area contributed by atoms with E-state index in [1.54, 1.807) is 7.11 Å². The summed E-state index contributed by atoms with van der Waals surface area (Å²) in [6.07, 6.45) is 2.25. The van der Waals surface area contributed by atoms with Gasteiger partial charge in [-0.05, 0) is 24.1 Å². The molecule has 0 aromatic heterocycles. The number of amides is 1. The highest BCUT2D eigenvalue weighted by Gasteiger charge is 2.07. The van der Waals surface area contributed by atoms with Gasteiger partial charge in [0.25, 0.3) is 5.91 Å². The number of benzene rings is 1. The van der Waals surface area contributed by atoms with Crippen molar-refractivity contribution < 1.29 is 9.53 Å². The minimum Gasteiger partial charge on any atom is -0.389 e. The molecule has 2 N–H and O–H groups in total. The van der Waals surface area contributed by atoms with E-state index in [1.165, 1.54) is 11.8 Å². The minimum atomic E-state index is -0.399. The molecule has 0 heterocycles. The van der Waals surface area contributed by atoms with E-state index in [0.29, 0.717) is 19.7 Å². The monoisotopic (exact) mass is 351 g/mol. The zero-order chi connectivity index (χ0) is 15.5. The van der Waals surface area contributed by atoms with Gasteiger partial charge < -0.3 is 15.4 Å². The number of methoxy groups -OCH3 is 1. The zero-order valence-electron chi connectivity index (χ0n) is 11.9. The number of nitrogens with zero attached hydrogens (tertiary/aromatic N) is 1. The first-order valence-electron chi connectivity index (χ1n) is 6.52. The fourth-order valence-electron chi connectivity index (χ4n) is 1.59. The van der Waals surface area contributed by atoms with Crippen LogP contribution in [0.4, 0.5) is 0 Å². The zero-order valence-corrected chi connectivity index (χ0v) is 13.4. The van der Waals surface area contributed by atoms with Gasteiger partial charge in [0.2, 0.25) is 0 Å². The maximum atomic E-state index is 11.7. The van der Waals surface area contributed by atoms with E-state index in [-0.39, 0.29) is 5.57 Å². The van der Waals surface area contributed by atoms with Crippen LogP contribution >= 0.6 is 15.9 Å². The molecule has 0 saturated carbocycles. The summed E-state index contributed by atoms with van der Waals surface area (Å²) in [4.78, 5) is 11.7. The fraction of sp³-hybridized carbons (Fsp3) is 0.333. The van der Waals surface area contributed by atoms with E-state index in [2.05, 4.69) is 26.6 Å². The van der Waals surface area contributed by atoms with E-state index >= 15 is 0 Å². The Kier molecular flexibility index (Phi) is 8.17. The highest BCUT2D eigenvalue weighted by molar-refractivity contribution is 9.10. The minimum absolute atomic E-state index is 0.0559. The summed E-state index contributed by atoms with van der Waals surface area (Å²) in [5.41, 5.74) is 1.23. The number of rotatable bonds is 8. The summed E-state index contributed by atoms with van der Waals surface area (Å²) in [5.74, 6) is -0.399. The number of carbonyl (C=O) groups is 1. The average molecular weight is 352 g/mol. The molecule has 1 amide bonds. The van der Waals surface area contributed by atoms with Crippen LogP contribution in [0.15, 0.2) is 40.5 Å². The first kappa shape index (κ1) is 17.2. The smallest absolute Gasteiger partial charge is 0.263 e. The molecular weight excluding hydrogens is 334 g/mol. The predicted molar refractivity (Wildman–Crippen MR) is 84.4 cm³/mol. The van der Waals surface area contributed by atoms with Crippen LogP contribution in [-0.4, -0.2) is 32.7 Å². The Bertz CT molecular complexity index is 538. The average Bonchev–Trinajstić information content (AvgIpc) is 2.47. The van der Waals surface area contributed by atoms with Crippen molar-refractivity contribution in [2.75, 3.05) is 26.8 Å².